The van der Waals surface area contributed by atoms with Gasteiger partial charge >= 0.3 is 0 Å². The SMILES string of the molecule is CC(NC(=O)c1ccc2ccccc2n1)C1CCCC1. The standard InChI is InChI=1S/C17H20N2O/c1-12(13-6-2-3-7-13)18-17(20)16-11-10-14-8-4-5-9-15(14)19-16/h4-5,8-13H,2-3,6-7H2,1H3,(H,18,20). The third kappa shape index (κ3) is 2.67. The van der Waals surface area contributed by atoms with E-state index in [1.165, 1.54) is 25.7 Å². The van der Waals surface area contributed by atoms with E-state index in [9.17, 15) is 4.79 Å². The van der Waals surface area contributed by atoms with Gasteiger partial charge in [-0.2, -0.15) is 0 Å². The minimum atomic E-state index is -0.0600. The highest BCUT2D eigenvalue weighted by Gasteiger charge is 2.23. The van der Waals surface area contributed by atoms with Crippen LogP contribution in [-0.2, 0) is 0 Å². The van der Waals surface area contributed by atoms with Gasteiger partial charge in [0.2, 0.25) is 0 Å². The lowest BCUT2D eigenvalue weighted by molar-refractivity contribution is 0.0922. The number of benzene rings is 1. The van der Waals surface area contributed by atoms with Crippen molar-refractivity contribution in [1.82, 2.24) is 10.3 Å². The average molecular weight is 268 g/mol. The topological polar surface area (TPSA) is 42.0 Å². The lowest BCUT2D eigenvalue weighted by atomic mass is 10.00. The van der Waals surface area contributed by atoms with E-state index in [-0.39, 0.29) is 11.9 Å². The van der Waals surface area contributed by atoms with Gasteiger partial charge in [0.05, 0.1) is 5.52 Å². The van der Waals surface area contributed by atoms with Crippen LogP contribution in [-0.4, -0.2) is 16.9 Å². The van der Waals surface area contributed by atoms with E-state index in [1.54, 1.807) is 6.07 Å². The monoisotopic (exact) mass is 268 g/mol. The third-order valence-electron chi connectivity index (χ3n) is 4.30. The van der Waals surface area contributed by atoms with Crippen LogP contribution in [0.25, 0.3) is 10.9 Å². The van der Waals surface area contributed by atoms with Crippen molar-refractivity contribution in [2.75, 3.05) is 0 Å². The minimum absolute atomic E-state index is 0.0600. The average Bonchev–Trinajstić information content (AvgIpc) is 3.01. The molecule has 3 rings (SSSR count). The van der Waals surface area contributed by atoms with Gasteiger partial charge in [-0.3, -0.25) is 4.79 Å². The Bertz CT molecular complexity index is 617. The number of fused-ring (bicyclic) bond motifs is 1. The Morgan fingerprint density at radius 3 is 2.75 bits per heavy atom. The summed E-state index contributed by atoms with van der Waals surface area (Å²) in [7, 11) is 0. The minimum Gasteiger partial charge on any atom is -0.348 e. The van der Waals surface area contributed by atoms with Crippen LogP contribution >= 0.6 is 0 Å². The van der Waals surface area contributed by atoms with Gasteiger partial charge in [-0.05, 0) is 37.8 Å². The number of nitrogens with one attached hydrogen (secondary N) is 1. The number of hydrogen-bond acceptors (Lipinski definition) is 2. The van der Waals surface area contributed by atoms with Crippen molar-refractivity contribution in [2.45, 2.75) is 38.6 Å². The van der Waals surface area contributed by atoms with Crippen LogP contribution in [0.4, 0.5) is 0 Å². The number of nitrogens with zero attached hydrogens (tertiary/aromatic N) is 1. The molecule has 1 aliphatic rings. The highest BCUT2D eigenvalue weighted by molar-refractivity contribution is 5.95. The zero-order valence-electron chi connectivity index (χ0n) is 11.8. The van der Waals surface area contributed by atoms with E-state index in [4.69, 9.17) is 0 Å². The van der Waals surface area contributed by atoms with Gasteiger partial charge in [-0.15, -0.1) is 0 Å². The van der Waals surface area contributed by atoms with Gasteiger partial charge < -0.3 is 5.32 Å². The lowest BCUT2D eigenvalue weighted by Gasteiger charge is -2.20. The predicted octanol–water partition coefficient (Wildman–Crippen LogP) is 3.54. The van der Waals surface area contributed by atoms with E-state index in [0.717, 1.165) is 10.9 Å². The molecule has 20 heavy (non-hydrogen) atoms. The van der Waals surface area contributed by atoms with Crippen LogP contribution in [0.5, 0.6) is 0 Å². The first-order chi connectivity index (χ1) is 9.74. The summed E-state index contributed by atoms with van der Waals surface area (Å²) in [5.74, 6) is 0.564. The molecular weight excluding hydrogens is 248 g/mol. The first-order valence-corrected chi connectivity index (χ1v) is 7.41. The Morgan fingerprint density at radius 1 is 1.20 bits per heavy atom. The van der Waals surface area contributed by atoms with Crippen LogP contribution in [0, 0.1) is 5.92 Å². The Kier molecular flexibility index (Phi) is 3.68. The molecule has 1 saturated carbocycles. The Balaban J connectivity index is 1.74. The van der Waals surface area contributed by atoms with E-state index in [1.807, 2.05) is 30.3 Å². The van der Waals surface area contributed by atoms with Crippen molar-refractivity contribution in [1.29, 1.82) is 0 Å². The molecule has 1 aromatic carbocycles. The number of aromatic nitrogens is 1. The summed E-state index contributed by atoms with van der Waals surface area (Å²) in [5, 5.41) is 4.16. The smallest absolute Gasteiger partial charge is 0.270 e. The number of carbonyl (C=O) groups is 1. The molecule has 104 valence electrons. The van der Waals surface area contributed by atoms with Crippen LogP contribution in [0.3, 0.4) is 0 Å². The molecule has 3 nitrogen and oxygen atoms in total. The second-order valence-electron chi connectivity index (χ2n) is 5.70. The molecule has 0 spiro atoms. The van der Waals surface area contributed by atoms with Gasteiger partial charge in [0, 0.05) is 11.4 Å². The van der Waals surface area contributed by atoms with Crippen molar-refractivity contribution < 1.29 is 4.79 Å². The summed E-state index contributed by atoms with van der Waals surface area (Å²) in [6.07, 6.45) is 5.04. The highest BCUT2D eigenvalue weighted by atomic mass is 16.1. The molecule has 1 heterocycles. The number of rotatable bonds is 3. The molecule has 1 amide bonds. The number of amides is 1. The Labute approximate surface area is 119 Å². The van der Waals surface area contributed by atoms with Crippen molar-refractivity contribution in [3.8, 4) is 0 Å². The normalized spacial score (nSPS) is 17.2. The molecule has 1 aliphatic carbocycles. The molecule has 1 atom stereocenters. The number of para-hydroxylation sites is 1. The Morgan fingerprint density at radius 2 is 1.95 bits per heavy atom. The summed E-state index contributed by atoms with van der Waals surface area (Å²) in [4.78, 5) is 16.7. The Hall–Kier alpha value is -1.90. The van der Waals surface area contributed by atoms with Crippen LogP contribution in [0.1, 0.15) is 43.1 Å². The summed E-state index contributed by atoms with van der Waals surface area (Å²) in [6, 6.07) is 11.9. The molecular formula is C17H20N2O. The fourth-order valence-electron chi connectivity index (χ4n) is 3.05. The number of carbonyl (C=O) groups excluding carboxylic acids is 1. The van der Waals surface area contributed by atoms with Gasteiger partial charge in [0.1, 0.15) is 5.69 Å². The first kappa shape index (κ1) is 13.1. The fourth-order valence-corrected chi connectivity index (χ4v) is 3.05. The van der Waals surface area contributed by atoms with Gasteiger partial charge in [-0.1, -0.05) is 37.1 Å². The molecule has 1 fully saturated rings. The van der Waals surface area contributed by atoms with Crippen molar-refractivity contribution in [3.05, 3.63) is 42.1 Å². The van der Waals surface area contributed by atoms with E-state index in [2.05, 4.69) is 17.2 Å². The van der Waals surface area contributed by atoms with Crippen LogP contribution < -0.4 is 5.32 Å². The molecule has 3 heteroatoms. The molecule has 0 radical (unpaired) electrons. The lowest BCUT2D eigenvalue weighted by Crippen LogP contribution is -2.37. The van der Waals surface area contributed by atoms with Crippen LogP contribution in [0.2, 0.25) is 0 Å². The zero-order valence-corrected chi connectivity index (χ0v) is 11.8. The molecule has 1 N–H and O–H groups in total. The van der Waals surface area contributed by atoms with Crippen molar-refractivity contribution >= 4 is 16.8 Å². The first-order valence-electron chi connectivity index (χ1n) is 7.41. The van der Waals surface area contributed by atoms with Crippen molar-refractivity contribution in [3.63, 3.8) is 0 Å². The summed E-state index contributed by atoms with van der Waals surface area (Å²) < 4.78 is 0. The van der Waals surface area contributed by atoms with Gasteiger partial charge in [0.25, 0.3) is 5.91 Å². The largest absolute Gasteiger partial charge is 0.348 e. The molecule has 0 aliphatic heterocycles. The zero-order chi connectivity index (χ0) is 13.9. The van der Waals surface area contributed by atoms with Gasteiger partial charge in [0.15, 0.2) is 0 Å². The van der Waals surface area contributed by atoms with Gasteiger partial charge in [-0.25, -0.2) is 4.98 Å². The van der Waals surface area contributed by atoms with Crippen LogP contribution in [0.15, 0.2) is 36.4 Å². The molecule has 0 saturated heterocycles. The summed E-state index contributed by atoms with van der Waals surface area (Å²) in [6.45, 7) is 2.11. The molecule has 2 aromatic rings. The highest BCUT2D eigenvalue weighted by Crippen LogP contribution is 2.27. The number of pyridine rings is 1. The van der Waals surface area contributed by atoms with E-state index < -0.39 is 0 Å². The second-order valence-corrected chi connectivity index (χ2v) is 5.70. The quantitative estimate of drug-likeness (QED) is 0.925. The van der Waals surface area contributed by atoms with Crippen molar-refractivity contribution in [2.24, 2.45) is 5.92 Å². The maximum Gasteiger partial charge on any atom is 0.270 e. The number of hydrogen-bond donors (Lipinski definition) is 1. The summed E-state index contributed by atoms with van der Waals surface area (Å²) >= 11 is 0. The second kappa shape index (κ2) is 5.61. The predicted molar refractivity (Wildman–Crippen MR) is 80.6 cm³/mol. The molecule has 0 bridgehead atoms. The third-order valence-corrected chi connectivity index (χ3v) is 4.30. The fraction of sp³-hybridized carbons (Fsp3) is 0.412. The van der Waals surface area contributed by atoms with E-state index in [0.29, 0.717) is 11.6 Å². The maximum absolute atomic E-state index is 12.3. The van der Waals surface area contributed by atoms with E-state index >= 15 is 0 Å². The maximum atomic E-state index is 12.3. The summed E-state index contributed by atoms with van der Waals surface area (Å²) in [5.41, 5.74) is 1.38. The molecule has 1 unspecified atom stereocenters. The molecule has 1 aromatic heterocycles.